The lowest BCUT2D eigenvalue weighted by Crippen LogP contribution is -2.39. The Kier molecular flexibility index (Phi) is 5.74. The van der Waals surface area contributed by atoms with Crippen LogP contribution in [0.25, 0.3) is 11.0 Å². The zero-order valence-electron chi connectivity index (χ0n) is 15.7. The van der Waals surface area contributed by atoms with Crippen molar-refractivity contribution in [3.05, 3.63) is 69.1 Å². The summed E-state index contributed by atoms with van der Waals surface area (Å²) in [6, 6.07) is 12.9. The molecular weight excluding hydrogens is 411 g/mol. The summed E-state index contributed by atoms with van der Waals surface area (Å²) in [4.78, 5) is 33.4. The van der Waals surface area contributed by atoms with Crippen molar-refractivity contribution in [1.82, 2.24) is 14.5 Å². The molecule has 1 amide bonds. The second kappa shape index (κ2) is 8.43. The van der Waals surface area contributed by atoms with E-state index in [-0.39, 0.29) is 18.0 Å². The average Bonchev–Trinajstić information content (AvgIpc) is 2.98. The highest BCUT2D eigenvalue weighted by Gasteiger charge is 2.21. The van der Waals surface area contributed by atoms with Gasteiger partial charge in [-0.3, -0.25) is 14.2 Å². The molecule has 4 rings (SSSR count). The number of rotatable bonds is 3. The molecule has 8 heteroatoms. The molecule has 0 spiro atoms. The third kappa shape index (κ3) is 4.23. The minimum atomic E-state index is -0.274. The molecular formula is C21H20Cl2N4O2. The van der Waals surface area contributed by atoms with Gasteiger partial charge in [0.25, 0.3) is 5.56 Å². The first-order valence-corrected chi connectivity index (χ1v) is 10.2. The Morgan fingerprint density at radius 3 is 2.66 bits per heavy atom. The smallest absolute Gasteiger partial charge is 0.269 e. The highest BCUT2D eigenvalue weighted by molar-refractivity contribution is 6.42. The molecule has 2 aromatic carbocycles. The van der Waals surface area contributed by atoms with E-state index in [1.807, 2.05) is 41.3 Å². The fourth-order valence-electron chi connectivity index (χ4n) is 3.62. The number of halogens is 2. The molecule has 0 saturated carbocycles. The normalized spacial score (nSPS) is 14.8. The van der Waals surface area contributed by atoms with E-state index in [0.717, 1.165) is 18.7 Å². The molecule has 0 aliphatic carbocycles. The van der Waals surface area contributed by atoms with Crippen LogP contribution in [0.2, 0.25) is 10.0 Å². The molecule has 0 atom stereocenters. The first kappa shape index (κ1) is 19.7. The van der Waals surface area contributed by atoms with Gasteiger partial charge in [-0.05, 0) is 36.8 Å². The van der Waals surface area contributed by atoms with E-state index >= 15 is 0 Å². The van der Waals surface area contributed by atoms with Gasteiger partial charge in [0.2, 0.25) is 5.91 Å². The van der Waals surface area contributed by atoms with Crippen molar-refractivity contribution in [3.63, 3.8) is 0 Å². The molecule has 1 aliphatic rings. The van der Waals surface area contributed by atoms with Crippen molar-refractivity contribution in [2.75, 3.05) is 31.1 Å². The highest BCUT2D eigenvalue weighted by Crippen LogP contribution is 2.27. The number of carbonyl (C=O) groups is 1. The lowest BCUT2D eigenvalue weighted by Gasteiger charge is -2.24. The molecule has 0 unspecified atom stereocenters. The third-order valence-corrected chi connectivity index (χ3v) is 5.90. The monoisotopic (exact) mass is 430 g/mol. The van der Waals surface area contributed by atoms with Crippen LogP contribution in [0.3, 0.4) is 0 Å². The van der Waals surface area contributed by atoms with Gasteiger partial charge in [0.15, 0.2) is 0 Å². The van der Waals surface area contributed by atoms with Crippen molar-refractivity contribution in [3.8, 4) is 0 Å². The lowest BCUT2D eigenvalue weighted by molar-refractivity contribution is -0.131. The summed E-state index contributed by atoms with van der Waals surface area (Å²) in [5, 5.41) is 1.04. The van der Waals surface area contributed by atoms with E-state index < -0.39 is 0 Å². The Balaban J connectivity index is 1.49. The number of para-hydroxylation sites is 2. The average molecular weight is 431 g/mol. The largest absolute Gasteiger partial charge is 0.370 e. The van der Waals surface area contributed by atoms with Crippen molar-refractivity contribution in [2.45, 2.75) is 13.0 Å². The van der Waals surface area contributed by atoms with E-state index in [4.69, 9.17) is 23.2 Å². The number of benzene rings is 2. The molecule has 6 nitrogen and oxygen atoms in total. The number of amides is 1. The molecule has 0 N–H and O–H groups in total. The standard InChI is InChI=1S/C21H20Cl2N4O2/c22-16-7-6-15(12-17(16)23)25-8-3-9-26(11-10-25)21(29)14-27-19-5-2-1-4-18(19)24-13-20(27)28/h1-2,4-7,12-13H,3,8-11,14H2. The van der Waals surface area contributed by atoms with Gasteiger partial charge in [0.1, 0.15) is 6.54 Å². The van der Waals surface area contributed by atoms with Crippen molar-refractivity contribution < 1.29 is 4.79 Å². The van der Waals surface area contributed by atoms with Gasteiger partial charge in [-0.25, -0.2) is 4.98 Å². The van der Waals surface area contributed by atoms with Crippen LogP contribution < -0.4 is 10.5 Å². The summed E-state index contributed by atoms with van der Waals surface area (Å²) in [7, 11) is 0. The fraction of sp³-hybridized carbons (Fsp3) is 0.286. The molecule has 29 heavy (non-hydrogen) atoms. The molecule has 1 fully saturated rings. The van der Waals surface area contributed by atoms with Gasteiger partial charge in [0, 0.05) is 31.9 Å². The van der Waals surface area contributed by atoms with Crippen LogP contribution in [0.5, 0.6) is 0 Å². The number of fused-ring (bicyclic) bond motifs is 1. The van der Waals surface area contributed by atoms with Crippen LogP contribution in [0.1, 0.15) is 6.42 Å². The van der Waals surface area contributed by atoms with Crippen molar-refractivity contribution >= 4 is 45.8 Å². The van der Waals surface area contributed by atoms with Crippen LogP contribution >= 0.6 is 23.2 Å². The van der Waals surface area contributed by atoms with Gasteiger partial charge in [0.05, 0.1) is 27.3 Å². The topological polar surface area (TPSA) is 58.4 Å². The zero-order chi connectivity index (χ0) is 20.4. The Labute approximate surface area is 178 Å². The summed E-state index contributed by atoms with van der Waals surface area (Å²) in [6.45, 7) is 2.75. The number of carbonyl (C=O) groups excluding carboxylic acids is 1. The number of aromatic nitrogens is 2. The fourth-order valence-corrected chi connectivity index (χ4v) is 3.91. The summed E-state index contributed by atoms with van der Waals surface area (Å²) >= 11 is 12.2. The first-order valence-electron chi connectivity index (χ1n) is 9.45. The minimum absolute atomic E-state index is 0.00857. The number of anilines is 1. The maximum Gasteiger partial charge on any atom is 0.269 e. The second-order valence-electron chi connectivity index (χ2n) is 6.99. The summed E-state index contributed by atoms with van der Waals surface area (Å²) in [5.74, 6) is -0.0700. The SMILES string of the molecule is O=C(Cn1c(=O)cnc2ccccc21)N1CCCN(c2ccc(Cl)c(Cl)c2)CC1. The predicted octanol–water partition coefficient (Wildman–Crippen LogP) is 3.44. The van der Waals surface area contributed by atoms with E-state index in [1.54, 1.807) is 6.07 Å². The number of nitrogens with zero attached hydrogens (tertiary/aromatic N) is 4. The van der Waals surface area contributed by atoms with Crippen LogP contribution in [0.4, 0.5) is 5.69 Å². The number of hydrogen-bond donors (Lipinski definition) is 0. The van der Waals surface area contributed by atoms with Crippen LogP contribution in [-0.4, -0.2) is 46.5 Å². The van der Waals surface area contributed by atoms with Gasteiger partial charge in [-0.2, -0.15) is 0 Å². The Morgan fingerprint density at radius 1 is 1.00 bits per heavy atom. The highest BCUT2D eigenvalue weighted by atomic mass is 35.5. The molecule has 0 bridgehead atoms. The van der Waals surface area contributed by atoms with Gasteiger partial charge >= 0.3 is 0 Å². The van der Waals surface area contributed by atoms with Crippen LogP contribution in [0.15, 0.2) is 53.5 Å². The molecule has 3 aromatic rings. The number of hydrogen-bond acceptors (Lipinski definition) is 4. The van der Waals surface area contributed by atoms with Crippen molar-refractivity contribution in [2.24, 2.45) is 0 Å². The minimum Gasteiger partial charge on any atom is -0.370 e. The van der Waals surface area contributed by atoms with Crippen LogP contribution in [0, 0.1) is 0 Å². The first-order chi connectivity index (χ1) is 14.0. The van der Waals surface area contributed by atoms with E-state index in [1.165, 1.54) is 10.8 Å². The van der Waals surface area contributed by atoms with Crippen LogP contribution in [-0.2, 0) is 11.3 Å². The summed E-state index contributed by atoms with van der Waals surface area (Å²) < 4.78 is 1.49. The summed E-state index contributed by atoms with van der Waals surface area (Å²) in [5.41, 5.74) is 2.08. The van der Waals surface area contributed by atoms with Gasteiger partial charge in [-0.15, -0.1) is 0 Å². The zero-order valence-corrected chi connectivity index (χ0v) is 17.2. The van der Waals surface area contributed by atoms with E-state index in [9.17, 15) is 9.59 Å². The maximum absolute atomic E-state index is 12.9. The van der Waals surface area contributed by atoms with Gasteiger partial charge in [-0.1, -0.05) is 35.3 Å². The molecule has 150 valence electrons. The Bertz CT molecular complexity index is 1120. The maximum atomic E-state index is 12.9. The second-order valence-corrected chi connectivity index (χ2v) is 7.81. The quantitative estimate of drug-likeness (QED) is 0.638. The Hall–Kier alpha value is -2.57. The molecule has 2 heterocycles. The molecule has 0 radical (unpaired) electrons. The summed E-state index contributed by atoms with van der Waals surface area (Å²) in [6.07, 6.45) is 2.10. The molecule has 1 aliphatic heterocycles. The third-order valence-electron chi connectivity index (χ3n) is 5.16. The van der Waals surface area contributed by atoms with Crippen molar-refractivity contribution in [1.29, 1.82) is 0 Å². The molecule has 1 aromatic heterocycles. The van der Waals surface area contributed by atoms with Gasteiger partial charge < -0.3 is 9.80 Å². The Morgan fingerprint density at radius 2 is 1.83 bits per heavy atom. The lowest BCUT2D eigenvalue weighted by atomic mass is 10.2. The predicted molar refractivity (Wildman–Crippen MR) is 116 cm³/mol. The van der Waals surface area contributed by atoms with E-state index in [2.05, 4.69) is 9.88 Å². The molecule has 1 saturated heterocycles. The van der Waals surface area contributed by atoms with E-state index in [0.29, 0.717) is 40.7 Å².